The summed E-state index contributed by atoms with van der Waals surface area (Å²) in [6.07, 6.45) is -1.68. The quantitative estimate of drug-likeness (QED) is 0.550. The second-order valence-corrected chi connectivity index (χ2v) is 6.83. The van der Waals surface area contributed by atoms with Gasteiger partial charge >= 0.3 is 6.09 Å². The molecule has 0 saturated heterocycles. The third kappa shape index (κ3) is 7.53. The fraction of sp³-hybridized carbons (Fsp3) is 0.588. The molecule has 0 aromatic heterocycles. The second-order valence-electron chi connectivity index (χ2n) is 5.68. The summed E-state index contributed by atoms with van der Waals surface area (Å²) in [5.74, 6) is 1.07. The van der Waals surface area contributed by atoms with E-state index >= 15 is 0 Å². The molecule has 1 amide bonds. The van der Waals surface area contributed by atoms with Crippen LogP contribution in [0.5, 0.6) is 0 Å². The van der Waals surface area contributed by atoms with Crippen LogP contribution < -0.4 is 0 Å². The molecule has 3 atom stereocenters. The van der Waals surface area contributed by atoms with Crippen LogP contribution in [0.25, 0.3) is 0 Å². The average molecular weight is 357 g/mol. The highest BCUT2D eigenvalue weighted by molar-refractivity contribution is 7.99. The van der Waals surface area contributed by atoms with Gasteiger partial charge in [-0.3, -0.25) is 0 Å². The van der Waals surface area contributed by atoms with Gasteiger partial charge in [0.15, 0.2) is 0 Å². The lowest BCUT2D eigenvalue weighted by atomic mass is 10.2. The number of aliphatic hydroxyl groups excluding tert-OH is 3. The van der Waals surface area contributed by atoms with Crippen LogP contribution in [-0.2, 0) is 11.3 Å². The smallest absolute Gasteiger partial charge is 0.410 e. The summed E-state index contributed by atoms with van der Waals surface area (Å²) in [6.45, 7) is 1.73. The summed E-state index contributed by atoms with van der Waals surface area (Å²) in [4.78, 5) is 13.6. The van der Waals surface area contributed by atoms with Crippen LogP contribution in [0, 0.1) is 0 Å². The Bertz CT molecular complexity index is 473. The van der Waals surface area contributed by atoms with Gasteiger partial charge in [-0.15, -0.1) is 0 Å². The number of hydrogen-bond acceptors (Lipinski definition) is 6. The largest absolute Gasteiger partial charge is 0.445 e. The Balaban J connectivity index is 2.23. The molecule has 0 fully saturated rings. The number of thioether (sulfide) groups is 1. The van der Waals surface area contributed by atoms with Crippen molar-refractivity contribution >= 4 is 17.9 Å². The first-order valence-electron chi connectivity index (χ1n) is 7.94. The van der Waals surface area contributed by atoms with E-state index in [0.29, 0.717) is 5.75 Å². The molecule has 0 spiro atoms. The standard InChI is InChI=1S/C17H27NO5S/c1-13(8-9-24-12-16(21)15(20)10-19)18(2)17(22)23-11-14-6-4-3-5-7-14/h3-7,13,15-16,19-21H,8-12H2,1-2H3. The lowest BCUT2D eigenvalue weighted by molar-refractivity contribution is -0.00190. The van der Waals surface area contributed by atoms with E-state index in [9.17, 15) is 15.0 Å². The molecular weight excluding hydrogens is 330 g/mol. The summed E-state index contributed by atoms with van der Waals surface area (Å²) in [7, 11) is 1.70. The first-order valence-corrected chi connectivity index (χ1v) is 9.09. The normalized spacial score (nSPS) is 14.7. The molecule has 7 heteroatoms. The fourth-order valence-electron chi connectivity index (χ4n) is 1.89. The van der Waals surface area contributed by atoms with E-state index in [0.717, 1.165) is 17.7 Å². The maximum absolute atomic E-state index is 12.0. The molecule has 0 heterocycles. The van der Waals surface area contributed by atoms with Crippen molar-refractivity contribution in [1.82, 2.24) is 4.90 Å². The lowest BCUT2D eigenvalue weighted by Gasteiger charge is -2.24. The maximum atomic E-state index is 12.0. The molecule has 0 saturated carbocycles. The van der Waals surface area contributed by atoms with Crippen molar-refractivity contribution in [3.63, 3.8) is 0 Å². The molecule has 1 aromatic rings. The Morgan fingerprint density at radius 3 is 2.54 bits per heavy atom. The Morgan fingerprint density at radius 1 is 1.25 bits per heavy atom. The zero-order valence-electron chi connectivity index (χ0n) is 14.2. The van der Waals surface area contributed by atoms with Gasteiger partial charge in [-0.2, -0.15) is 11.8 Å². The zero-order chi connectivity index (χ0) is 17.9. The third-order valence-corrected chi connectivity index (χ3v) is 4.86. The molecule has 0 radical (unpaired) electrons. The third-order valence-electron chi connectivity index (χ3n) is 3.75. The molecule has 0 aliphatic rings. The van der Waals surface area contributed by atoms with Gasteiger partial charge in [0.25, 0.3) is 0 Å². The van der Waals surface area contributed by atoms with Crippen molar-refractivity contribution in [2.75, 3.05) is 25.2 Å². The first kappa shape index (κ1) is 20.8. The Morgan fingerprint density at radius 2 is 1.92 bits per heavy atom. The van der Waals surface area contributed by atoms with Gasteiger partial charge in [0, 0.05) is 18.8 Å². The number of carbonyl (C=O) groups excluding carboxylic acids is 1. The van der Waals surface area contributed by atoms with Crippen molar-refractivity contribution < 1.29 is 24.9 Å². The topological polar surface area (TPSA) is 90.2 Å². The van der Waals surface area contributed by atoms with Crippen LogP contribution in [0.1, 0.15) is 18.9 Å². The molecule has 1 aromatic carbocycles. The Kier molecular flexibility index (Phi) is 9.78. The monoisotopic (exact) mass is 357 g/mol. The molecule has 3 unspecified atom stereocenters. The number of amides is 1. The number of benzene rings is 1. The van der Waals surface area contributed by atoms with E-state index in [4.69, 9.17) is 9.84 Å². The van der Waals surface area contributed by atoms with Crippen LogP contribution in [0.3, 0.4) is 0 Å². The van der Waals surface area contributed by atoms with Crippen LogP contribution in [0.2, 0.25) is 0 Å². The van der Waals surface area contributed by atoms with Crippen LogP contribution >= 0.6 is 11.8 Å². The van der Waals surface area contributed by atoms with E-state index in [2.05, 4.69) is 0 Å². The molecule has 0 aliphatic heterocycles. The Labute approximate surface area is 147 Å². The highest BCUT2D eigenvalue weighted by atomic mass is 32.2. The van der Waals surface area contributed by atoms with Crippen LogP contribution in [0.15, 0.2) is 30.3 Å². The number of rotatable bonds is 10. The van der Waals surface area contributed by atoms with Crippen molar-refractivity contribution in [3.05, 3.63) is 35.9 Å². The van der Waals surface area contributed by atoms with E-state index in [1.165, 1.54) is 11.8 Å². The SMILES string of the molecule is CC(CCSCC(O)C(O)CO)N(C)C(=O)OCc1ccccc1. The highest BCUT2D eigenvalue weighted by Gasteiger charge is 2.18. The minimum atomic E-state index is -1.11. The fourth-order valence-corrected chi connectivity index (χ4v) is 3.02. The number of carbonyl (C=O) groups is 1. The number of nitrogens with zero attached hydrogens (tertiary/aromatic N) is 1. The first-order chi connectivity index (χ1) is 11.5. The minimum absolute atomic E-state index is 0.000631. The van der Waals surface area contributed by atoms with Crippen molar-refractivity contribution in [1.29, 1.82) is 0 Å². The van der Waals surface area contributed by atoms with Crippen LogP contribution in [0.4, 0.5) is 4.79 Å². The molecule has 136 valence electrons. The molecule has 1 rings (SSSR count). The van der Waals surface area contributed by atoms with Crippen molar-refractivity contribution in [2.45, 2.75) is 38.2 Å². The van der Waals surface area contributed by atoms with Gasteiger partial charge in [-0.1, -0.05) is 30.3 Å². The van der Waals surface area contributed by atoms with Crippen LogP contribution in [-0.4, -0.2) is 69.7 Å². The molecular formula is C17H27NO5S. The predicted octanol–water partition coefficient (Wildman–Crippen LogP) is 1.48. The van der Waals surface area contributed by atoms with E-state index in [1.807, 2.05) is 37.3 Å². The van der Waals surface area contributed by atoms with Crippen molar-refractivity contribution in [2.24, 2.45) is 0 Å². The number of aliphatic hydroxyl groups is 3. The summed E-state index contributed by atoms with van der Waals surface area (Å²) in [5, 5.41) is 27.5. The van der Waals surface area contributed by atoms with Gasteiger partial charge in [-0.25, -0.2) is 4.79 Å². The second kappa shape index (κ2) is 11.3. The van der Waals surface area contributed by atoms with Gasteiger partial charge in [0.05, 0.1) is 12.7 Å². The number of hydrogen-bond donors (Lipinski definition) is 3. The van der Waals surface area contributed by atoms with Gasteiger partial charge in [-0.05, 0) is 24.7 Å². The Hall–Kier alpha value is -1.28. The van der Waals surface area contributed by atoms with Gasteiger partial charge in [0.2, 0.25) is 0 Å². The number of ether oxygens (including phenoxy) is 1. The van der Waals surface area contributed by atoms with Gasteiger partial charge in [0.1, 0.15) is 12.7 Å². The summed E-state index contributed by atoms with van der Waals surface area (Å²) >= 11 is 1.47. The molecule has 24 heavy (non-hydrogen) atoms. The highest BCUT2D eigenvalue weighted by Crippen LogP contribution is 2.12. The average Bonchev–Trinajstić information content (AvgIpc) is 2.62. The predicted molar refractivity (Wildman–Crippen MR) is 94.9 cm³/mol. The lowest BCUT2D eigenvalue weighted by Crippen LogP contribution is -2.36. The molecule has 0 bridgehead atoms. The summed E-state index contributed by atoms with van der Waals surface area (Å²) in [5.41, 5.74) is 0.943. The van der Waals surface area contributed by atoms with Crippen molar-refractivity contribution in [3.8, 4) is 0 Å². The van der Waals surface area contributed by atoms with E-state index in [-0.39, 0.29) is 18.7 Å². The van der Waals surface area contributed by atoms with E-state index in [1.54, 1.807) is 11.9 Å². The van der Waals surface area contributed by atoms with Gasteiger partial charge < -0.3 is 25.0 Å². The minimum Gasteiger partial charge on any atom is -0.445 e. The molecule has 3 N–H and O–H groups in total. The van der Waals surface area contributed by atoms with E-state index < -0.39 is 18.8 Å². The molecule has 6 nitrogen and oxygen atoms in total. The summed E-state index contributed by atoms with van der Waals surface area (Å²) in [6, 6.07) is 9.51. The molecule has 0 aliphatic carbocycles. The summed E-state index contributed by atoms with van der Waals surface area (Å²) < 4.78 is 5.28. The zero-order valence-corrected chi connectivity index (χ0v) is 15.0. The maximum Gasteiger partial charge on any atom is 0.410 e.